The van der Waals surface area contributed by atoms with Gasteiger partial charge in [0.25, 0.3) is 0 Å². The summed E-state index contributed by atoms with van der Waals surface area (Å²) in [5, 5.41) is 2.70. The van der Waals surface area contributed by atoms with Gasteiger partial charge in [-0.3, -0.25) is 9.36 Å². The van der Waals surface area contributed by atoms with Gasteiger partial charge in [-0.05, 0) is 45.4 Å². The van der Waals surface area contributed by atoms with Crippen LogP contribution in [0.15, 0.2) is 18.2 Å². The molecule has 8 heteroatoms. The molecule has 136 valence electrons. The van der Waals surface area contributed by atoms with Gasteiger partial charge in [-0.15, -0.1) is 0 Å². The molecule has 0 saturated carbocycles. The fourth-order valence-electron chi connectivity index (χ4n) is 2.00. The van der Waals surface area contributed by atoms with Crippen molar-refractivity contribution in [3.8, 4) is 11.5 Å². The predicted molar refractivity (Wildman–Crippen MR) is 91.7 cm³/mol. The van der Waals surface area contributed by atoms with E-state index in [0.717, 1.165) is 5.56 Å². The molecule has 1 aromatic rings. The third kappa shape index (κ3) is 6.51. The molecular formula is C16H26NO6P. The molecule has 0 amide bonds. The summed E-state index contributed by atoms with van der Waals surface area (Å²) in [6.45, 7) is 6.92. The van der Waals surface area contributed by atoms with Gasteiger partial charge >= 0.3 is 13.5 Å². The van der Waals surface area contributed by atoms with Gasteiger partial charge in [0.2, 0.25) is 0 Å². The second-order valence-electron chi connectivity index (χ2n) is 5.70. The summed E-state index contributed by atoms with van der Waals surface area (Å²) in [4.78, 5) is 11.9. The molecule has 1 unspecified atom stereocenters. The van der Waals surface area contributed by atoms with Gasteiger partial charge in [-0.25, -0.2) is 5.09 Å². The van der Waals surface area contributed by atoms with E-state index in [0.29, 0.717) is 11.5 Å². The number of ether oxygens (including phenoxy) is 3. The fraction of sp³-hybridized carbons (Fsp3) is 0.562. The Bertz CT molecular complexity index is 604. The molecule has 0 bridgehead atoms. The molecule has 2 atom stereocenters. The minimum absolute atomic E-state index is 0.192. The third-order valence-electron chi connectivity index (χ3n) is 2.91. The first-order chi connectivity index (χ1) is 11.2. The normalized spacial score (nSPS) is 14.8. The average molecular weight is 359 g/mol. The molecule has 24 heavy (non-hydrogen) atoms. The Balaban J connectivity index is 2.93. The molecule has 0 aliphatic carbocycles. The second-order valence-corrected chi connectivity index (χ2v) is 7.75. The van der Waals surface area contributed by atoms with E-state index in [9.17, 15) is 9.36 Å². The van der Waals surface area contributed by atoms with E-state index in [1.807, 2.05) is 13.0 Å². The highest BCUT2D eigenvalue weighted by Crippen LogP contribution is 2.44. The Morgan fingerprint density at radius 3 is 2.33 bits per heavy atom. The van der Waals surface area contributed by atoms with E-state index < -0.39 is 19.5 Å². The second kappa shape index (κ2) is 9.06. The summed E-state index contributed by atoms with van der Waals surface area (Å²) in [6.07, 6.45) is -0.451. The van der Waals surface area contributed by atoms with Crippen LogP contribution in [-0.4, -0.2) is 38.7 Å². The zero-order valence-corrected chi connectivity index (χ0v) is 15.9. The average Bonchev–Trinajstić information content (AvgIpc) is 2.45. The molecule has 0 aliphatic rings. The molecule has 1 rings (SSSR count). The van der Waals surface area contributed by atoms with Gasteiger partial charge in [-0.1, -0.05) is 0 Å². The lowest BCUT2D eigenvalue weighted by Gasteiger charge is -2.23. The Kier molecular flexibility index (Phi) is 7.73. The number of carbonyl (C=O) groups is 1. The molecule has 0 saturated heterocycles. The maximum Gasteiger partial charge on any atom is 0.342 e. The van der Waals surface area contributed by atoms with Gasteiger partial charge in [0.05, 0.1) is 13.2 Å². The molecular weight excluding hydrogens is 333 g/mol. The van der Waals surface area contributed by atoms with E-state index >= 15 is 0 Å². The van der Waals surface area contributed by atoms with Gasteiger partial charge in [0, 0.05) is 13.2 Å². The van der Waals surface area contributed by atoms with Crippen LogP contribution in [0.5, 0.6) is 11.5 Å². The number of nitrogens with one attached hydrogen (secondary N) is 1. The van der Waals surface area contributed by atoms with Gasteiger partial charge in [-0.2, -0.15) is 0 Å². The van der Waals surface area contributed by atoms with Crippen molar-refractivity contribution in [1.29, 1.82) is 0 Å². The molecule has 0 aromatic heterocycles. The van der Waals surface area contributed by atoms with Crippen molar-refractivity contribution in [2.75, 3.05) is 20.6 Å². The number of carbonyl (C=O) groups excluding carboxylic acids is 1. The van der Waals surface area contributed by atoms with Crippen molar-refractivity contribution in [2.24, 2.45) is 0 Å². The van der Waals surface area contributed by atoms with Crippen molar-refractivity contribution in [2.45, 2.75) is 39.8 Å². The summed E-state index contributed by atoms with van der Waals surface area (Å²) in [6, 6.07) is 4.36. The van der Waals surface area contributed by atoms with Crippen LogP contribution < -0.4 is 14.3 Å². The molecule has 0 spiro atoms. The largest absolute Gasteiger partial charge is 0.497 e. The first kappa shape index (κ1) is 20.5. The number of aryl methyl sites for hydroxylation is 1. The monoisotopic (exact) mass is 359 g/mol. The summed E-state index contributed by atoms with van der Waals surface area (Å²) in [7, 11) is -0.528. The molecule has 1 N–H and O–H groups in total. The number of methoxy groups -OCH3 is 2. The lowest BCUT2D eigenvalue weighted by atomic mass is 10.2. The first-order valence-electron chi connectivity index (χ1n) is 7.60. The maximum atomic E-state index is 13.0. The zero-order chi connectivity index (χ0) is 18.3. The highest BCUT2D eigenvalue weighted by Gasteiger charge is 2.31. The van der Waals surface area contributed by atoms with Gasteiger partial charge < -0.3 is 18.7 Å². The Hall–Kier alpha value is -1.56. The summed E-state index contributed by atoms with van der Waals surface area (Å²) >= 11 is 0. The Morgan fingerprint density at radius 1 is 1.17 bits per heavy atom. The number of rotatable bonds is 9. The summed E-state index contributed by atoms with van der Waals surface area (Å²) in [5.41, 5.74) is 0.889. The smallest absolute Gasteiger partial charge is 0.342 e. The van der Waals surface area contributed by atoms with Crippen LogP contribution in [-0.2, 0) is 18.8 Å². The SMILES string of the molecule is COCP(=O)(N[C@@H](C)C(=O)OC(C)C)Oc1cc(C)cc(OC)c1. The minimum Gasteiger partial charge on any atom is -0.497 e. The number of hydrogen-bond donors (Lipinski definition) is 1. The van der Waals surface area contributed by atoms with E-state index in [-0.39, 0.29) is 12.5 Å². The van der Waals surface area contributed by atoms with Gasteiger partial charge in [0.15, 0.2) is 0 Å². The van der Waals surface area contributed by atoms with Crippen LogP contribution in [0.1, 0.15) is 26.3 Å². The number of benzene rings is 1. The summed E-state index contributed by atoms with van der Waals surface area (Å²) in [5.74, 6) is 0.442. The standard InChI is InChI=1S/C16H26NO6P/c1-11(2)22-16(18)13(4)17-24(19,10-20-5)23-15-8-12(3)7-14(9-15)21-6/h7-9,11,13H,10H2,1-6H3,(H,17,19)/t13-,24?/m0/s1. The van der Waals surface area contributed by atoms with Crippen LogP contribution >= 0.6 is 7.52 Å². The van der Waals surface area contributed by atoms with Crippen molar-refractivity contribution in [3.63, 3.8) is 0 Å². The van der Waals surface area contributed by atoms with Crippen molar-refractivity contribution in [3.05, 3.63) is 23.8 Å². The highest BCUT2D eigenvalue weighted by atomic mass is 31.2. The predicted octanol–water partition coefficient (Wildman–Crippen LogP) is 3.11. The molecule has 0 heterocycles. The van der Waals surface area contributed by atoms with E-state index in [4.69, 9.17) is 18.7 Å². The Morgan fingerprint density at radius 2 is 1.79 bits per heavy atom. The molecule has 0 radical (unpaired) electrons. The van der Waals surface area contributed by atoms with Crippen molar-refractivity contribution in [1.82, 2.24) is 5.09 Å². The van der Waals surface area contributed by atoms with E-state index in [1.165, 1.54) is 14.2 Å². The minimum atomic E-state index is -3.47. The van der Waals surface area contributed by atoms with Gasteiger partial charge in [0.1, 0.15) is 23.9 Å². The van der Waals surface area contributed by atoms with Crippen LogP contribution in [0.25, 0.3) is 0 Å². The van der Waals surface area contributed by atoms with Crippen molar-refractivity contribution < 1.29 is 28.1 Å². The van der Waals surface area contributed by atoms with Crippen LogP contribution in [0.2, 0.25) is 0 Å². The number of hydrogen-bond acceptors (Lipinski definition) is 6. The van der Waals surface area contributed by atoms with Crippen LogP contribution in [0.4, 0.5) is 0 Å². The Labute approximate surface area is 143 Å². The number of esters is 1. The first-order valence-corrected chi connectivity index (χ1v) is 9.41. The fourth-order valence-corrected chi connectivity index (χ4v) is 3.66. The molecule has 7 nitrogen and oxygen atoms in total. The quantitative estimate of drug-likeness (QED) is 0.536. The molecule has 1 aromatic carbocycles. The van der Waals surface area contributed by atoms with E-state index in [2.05, 4.69) is 5.09 Å². The molecule has 0 fully saturated rings. The lowest BCUT2D eigenvalue weighted by Crippen LogP contribution is -2.36. The maximum absolute atomic E-state index is 13.0. The van der Waals surface area contributed by atoms with Crippen LogP contribution in [0, 0.1) is 6.92 Å². The summed E-state index contributed by atoms with van der Waals surface area (Å²) < 4.78 is 33.9. The third-order valence-corrected chi connectivity index (χ3v) is 4.79. The zero-order valence-electron chi connectivity index (χ0n) is 15.0. The lowest BCUT2D eigenvalue weighted by molar-refractivity contribution is -0.149. The van der Waals surface area contributed by atoms with Crippen LogP contribution in [0.3, 0.4) is 0 Å². The molecule has 0 aliphatic heterocycles. The van der Waals surface area contributed by atoms with E-state index in [1.54, 1.807) is 32.9 Å². The highest BCUT2D eigenvalue weighted by molar-refractivity contribution is 7.57. The van der Waals surface area contributed by atoms with Crippen molar-refractivity contribution >= 4 is 13.5 Å². The topological polar surface area (TPSA) is 83.1 Å².